The SMILES string of the molecule is COc1cc(C(F)(F)C(=O)O)cc(Cl)c1OC. The van der Waals surface area contributed by atoms with Crippen LogP contribution in [0, 0.1) is 0 Å². The first-order valence-corrected chi connectivity index (χ1v) is 4.75. The standard InChI is InChI=1S/C10H9ClF2O4/c1-16-7-4-5(10(12,13)9(14)15)3-6(11)8(7)17-2/h3-4H,1-2H3,(H,14,15). The van der Waals surface area contributed by atoms with E-state index in [1.54, 1.807) is 0 Å². The van der Waals surface area contributed by atoms with Gasteiger partial charge in [-0.15, -0.1) is 0 Å². The van der Waals surface area contributed by atoms with Crippen LogP contribution in [-0.4, -0.2) is 25.3 Å². The van der Waals surface area contributed by atoms with Gasteiger partial charge >= 0.3 is 11.9 Å². The average Bonchev–Trinajstić information content (AvgIpc) is 2.27. The lowest BCUT2D eigenvalue weighted by atomic mass is 10.1. The normalized spacial score (nSPS) is 11.1. The van der Waals surface area contributed by atoms with E-state index in [4.69, 9.17) is 26.2 Å². The van der Waals surface area contributed by atoms with Crippen molar-refractivity contribution in [3.8, 4) is 11.5 Å². The Kier molecular flexibility index (Phi) is 3.77. The van der Waals surface area contributed by atoms with E-state index in [2.05, 4.69) is 0 Å². The van der Waals surface area contributed by atoms with Crippen LogP contribution in [0.2, 0.25) is 5.02 Å². The number of hydrogen-bond acceptors (Lipinski definition) is 3. The molecule has 0 unspecified atom stereocenters. The van der Waals surface area contributed by atoms with E-state index in [0.717, 1.165) is 12.1 Å². The number of aliphatic carboxylic acids is 1. The van der Waals surface area contributed by atoms with Crippen molar-refractivity contribution in [1.29, 1.82) is 0 Å². The fourth-order valence-corrected chi connectivity index (χ4v) is 1.51. The molecule has 0 aromatic heterocycles. The maximum atomic E-state index is 13.3. The van der Waals surface area contributed by atoms with Gasteiger partial charge in [-0.3, -0.25) is 0 Å². The summed E-state index contributed by atoms with van der Waals surface area (Å²) in [6.45, 7) is 0. The van der Waals surface area contributed by atoms with Crippen LogP contribution in [0.3, 0.4) is 0 Å². The molecule has 0 aliphatic heterocycles. The maximum absolute atomic E-state index is 13.3. The van der Waals surface area contributed by atoms with Crippen LogP contribution < -0.4 is 9.47 Å². The third-order valence-electron chi connectivity index (χ3n) is 2.06. The molecular weight excluding hydrogens is 258 g/mol. The van der Waals surface area contributed by atoms with E-state index in [1.807, 2.05) is 0 Å². The zero-order valence-electron chi connectivity index (χ0n) is 8.96. The smallest absolute Gasteiger partial charge is 0.379 e. The zero-order valence-corrected chi connectivity index (χ0v) is 9.72. The van der Waals surface area contributed by atoms with Gasteiger partial charge in [-0.1, -0.05) is 11.6 Å². The van der Waals surface area contributed by atoms with Crippen molar-refractivity contribution in [3.05, 3.63) is 22.7 Å². The summed E-state index contributed by atoms with van der Waals surface area (Å²) in [5.41, 5.74) is -0.771. The summed E-state index contributed by atoms with van der Waals surface area (Å²) in [7, 11) is 2.52. The number of carboxylic acid groups (broad SMARTS) is 1. The first-order valence-electron chi connectivity index (χ1n) is 4.37. The highest BCUT2D eigenvalue weighted by Crippen LogP contribution is 2.40. The fourth-order valence-electron chi connectivity index (χ4n) is 1.22. The van der Waals surface area contributed by atoms with Crippen molar-refractivity contribution in [2.75, 3.05) is 14.2 Å². The van der Waals surface area contributed by atoms with Gasteiger partial charge in [0.2, 0.25) is 0 Å². The average molecular weight is 267 g/mol. The Hall–Kier alpha value is -1.56. The lowest BCUT2D eigenvalue weighted by molar-refractivity contribution is -0.166. The molecule has 0 amide bonds. The number of methoxy groups -OCH3 is 2. The van der Waals surface area contributed by atoms with Crippen molar-refractivity contribution in [1.82, 2.24) is 0 Å². The van der Waals surface area contributed by atoms with Gasteiger partial charge in [-0.25, -0.2) is 4.79 Å². The van der Waals surface area contributed by atoms with Crippen LogP contribution in [0.1, 0.15) is 5.56 Å². The van der Waals surface area contributed by atoms with E-state index < -0.39 is 17.5 Å². The Labute approximate surface area is 101 Å². The molecule has 1 aromatic rings. The first-order chi connectivity index (χ1) is 7.84. The van der Waals surface area contributed by atoms with E-state index in [9.17, 15) is 13.6 Å². The van der Waals surface area contributed by atoms with E-state index in [1.165, 1.54) is 14.2 Å². The Morgan fingerprint density at radius 1 is 1.35 bits per heavy atom. The van der Waals surface area contributed by atoms with Crippen LogP contribution in [0.5, 0.6) is 11.5 Å². The molecule has 0 fully saturated rings. The Balaban J connectivity index is 3.39. The molecular formula is C10H9ClF2O4. The third kappa shape index (κ3) is 2.41. The molecule has 0 spiro atoms. The van der Waals surface area contributed by atoms with Gasteiger partial charge < -0.3 is 14.6 Å². The van der Waals surface area contributed by atoms with Crippen molar-refractivity contribution < 1.29 is 28.2 Å². The first kappa shape index (κ1) is 13.5. The minimum atomic E-state index is -4.04. The minimum Gasteiger partial charge on any atom is -0.493 e. The number of carboxylic acids is 1. The predicted molar refractivity (Wildman–Crippen MR) is 56.1 cm³/mol. The van der Waals surface area contributed by atoms with Gasteiger partial charge in [0.25, 0.3) is 0 Å². The molecule has 0 aliphatic rings. The molecule has 7 heteroatoms. The molecule has 0 atom stereocenters. The van der Waals surface area contributed by atoms with Crippen LogP contribution in [0.4, 0.5) is 8.78 Å². The lowest BCUT2D eigenvalue weighted by Crippen LogP contribution is -2.25. The number of rotatable bonds is 4. The predicted octanol–water partition coefficient (Wildman–Crippen LogP) is 2.53. The van der Waals surface area contributed by atoms with Crippen LogP contribution >= 0.6 is 11.6 Å². The Morgan fingerprint density at radius 3 is 2.35 bits per heavy atom. The summed E-state index contributed by atoms with van der Waals surface area (Å²) in [5.74, 6) is -6.29. The molecule has 1 rings (SSSR count). The number of ether oxygens (including phenoxy) is 2. The Morgan fingerprint density at radius 2 is 1.94 bits per heavy atom. The van der Waals surface area contributed by atoms with Gasteiger partial charge in [-0.2, -0.15) is 8.78 Å². The molecule has 0 aliphatic carbocycles. The Bertz CT molecular complexity index is 448. The summed E-state index contributed by atoms with van der Waals surface area (Å²) >= 11 is 5.69. The summed E-state index contributed by atoms with van der Waals surface area (Å²) in [4.78, 5) is 10.4. The molecule has 0 radical (unpaired) electrons. The summed E-state index contributed by atoms with van der Waals surface area (Å²) in [6.07, 6.45) is 0. The van der Waals surface area contributed by atoms with E-state index in [0.29, 0.717) is 0 Å². The summed E-state index contributed by atoms with van der Waals surface area (Å²) < 4.78 is 36.2. The van der Waals surface area contributed by atoms with Gasteiger partial charge in [-0.05, 0) is 12.1 Å². The number of alkyl halides is 2. The number of halogens is 3. The second-order valence-corrected chi connectivity index (χ2v) is 3.48. The van der Waals surface area contributed by atoms with Gasteiger partial charge in [0.15, 0.2) is 11.5 Å². The van der Waals surface area contributed by atoms with E-state index in [-0.39, 0.29) is 16.5 Å². The molecule has 17 heavy (non-hydrogen) atoms. The molecule has 0 saturated heterocycles. The topological polar surface area (TPSA) is 55.8 Å². The van der Waals surface area contributed by atoms with Crippen LogP contribution in [0.15, 0.2) is 12.1 Å². The van der Waals surface area contributed by atoms with Crippen molar-refractivity contribution in [2.45, 2.75) is 5.92 Å². The minimum absolute atomic E-state index is 0.0593. The number of benzene rings is 1. The number of carbonyl (C=O) groups is 1. The van der Waals surface area contributed by atoms with Crippen LogP contribution in [0.25, 0.3) is 0 Å². The quantitative estimate of drug-likeness (QED) is 0.910. The highest BCUT2D eigenvalue weighted by molar-refractivity contribution is 6.32. The molecule has 1 N–H and O–H groups in total. The lowest BCUT2D eigenvalue weighted by Gasteiger charge is -2.15. The molecule has 0 heterocycles. The van der Waals surface area contributed by atoms with Crippen molar-refractivity contribution >= 4 is 17.6 Å². The van der Waals surface area contributed by atoms with Gasteiger partial charge in [0.1, 0.15) is 0 Å². The summed E-state index contributed by atoms with van der Waals surface area (Å²) in [6, 6.07) is 1.70. The van der Waals surface area contributed by atoms with E-state index >= 15 is 0 Å². The highest BCUT2D eigenvalue weighted by atomic mass is 35.5. The number of hydrogen-bond donors (Lipinski definition) is 1. The monoisotopic (exact) mass is 266 g/mol. The maximum Gasteiger partial charge on any atom is 0.379 e. The van der Waals surface area contributed by atoms with Crippen molar-refractivity contribution in [3.63, 3.8) is 0 Å². The third-order valence-corrected chi connectivity index (χ3v) is 2.35. The zero-order chi connectivity index (χ0) is 13.2. The molecule has 94 valence electrons. The van der Waals surface area contributed by atoms with Crippen molar-refractivity contribution in [2.24, 2.45) is 0 Å². The second-order valence-electron chi connectivity index (χ2n) is 3.07. The molecule has 0 bridgehead atoms. The van der Waals surface area contributed by atoms with Crippen LogP contribution in [-0.2, 0) is 10.7 Å². The largest absolute Gasteiger partial charge is 0.493 e. The van der Waals surface area contributed by atoms with Gasteiger partial charge in [0.05, 0.1) is 19.2 Å². The highest BCUT2D eigenvalue weighted by Gasteiger charge is 2.42. The molecule has 0 saturated carbocycles. The molecule has 1 aromatic carbocycles. The fraction of sp³-hybridized carbons (Fsp3) is 0.300. The second kappa shape index (κ2) is 4.75. The summed E-state index contributed by atoms with van der Waals surface area (Å²) in [5, 5.41) is 8.26. The molecule has 4 nitrogen and oxygen atoms in total. The van der Waals surface area contributed by atoms with Gasteiger partial charge in [0, 0.05) is 5.56 Å².